The highest BCUT2D eigenvalue weighted by molar-refractivity contribution is 5.77. The summed E-state index contributed by atoms with van der Waals surface area (Å²) in [6.45, 7) is 5.28. The number of carboxylic acid groups (broad SMARTS) is 1. The quantitative estimate of drug-likeness (QED) is 0.384. The van der Waals surface area contributed by atoms with Crippen LogP contribution in [-0.2, 0) is 19.1 Å². The van der Waals surface area contributed by atoms with Crippen LogP contribution in [-0.4, -0.2) is 79.7 Å². The Kier molecular flexibility index (Phi) is 7.08. The third-order valence-electron chi connectivity index (χ3n) is 3.96. The smallest absolute Gasteiger partial charge is 0.364 e. The van der Waals surface area contributed by atoms with Crippen molar-refractivity contribution in [2.24, 2.45) is 5.92 Å². The molecule has 1 fully saturated rings. The van der Waals surface area contributed by atoms with Gasteiger partial charge >= 0.3 is 5.97 Å². The lowest BCUT2D eigenvalue weighted by Gasteiger charge is -2.48. The van der Waals surface area contributed by atoms with Crippen LogP contribution in [0, 0.1) is 5.92 Å². The molecule has 0 aromatic heterocycles. The summed E-state index contributed by atoms with van der Waals surface area (Å²) in [5.41, 5.74) is -0.948. The van der Waals surface area contributed by atoms with Gasteiger partial charge in [-0.25, -0.2) is 4.79 Å². The van der Waals surface area contributed by atoms with Crippen LogP contribution in [0.2, 0.25) is 0 Å². The van der Waals surface area contributed by atoms with Crippen LogP contribution >= 0.6 is 0 Å². The molecular weight excluding hydrogens is 336 g/mol. The Morgan fingerprint density at radius 2 is 1.88 bits per heavy atom. The number of ether oxygens (including phenoxy) is 2. The fourth-order valence-electron chi connectivity index (χ4n) is 2.98. The Morgan fingerprint density at radius 1 is 1.32 bits per heavy atom. The van der Waals surface area contributed by atoms with Gasteiger partial charge in [-0.3, -0.25) is 0 Å². The van der Waals surface area contributed by atoms with Gasteiger partial charge in [0.05, 0.1) is 24.4 Å². The van der Waals surface area contributed by atoms with Gasteiger partial charge in [0, 0.05) is 18.8 Å². The van der Waals surface area contributed by atoms with Gasteiger partial charge in [0.2, 0.25) is 0 Å². The van der Waals surface area contributed by atoms with E-state index >= 15 is 0 Å². The predicted molar refractivity (Wildman–Crippen MR) is 84.6 cm³/mol. The van der Waals surface area contributed by atoms with E-state index < -0.39 is 60.7 Å². The first-order chi connectivity index (χ1) is 11.3. The third kappa shape index (κ3) is 5.44. The number of aliphatic hydroxyl groups is 4. The second kappa shape index (κ2) is 8.07. The van der Waals surface area contributed by atoms with Gasteiger partial charge in [0.25, 0.3) is 5.79 Å². The molecule has 0 aromatic rings. The fraction of sp³-hybridized carbons (Fsp3) is 0.875. The van der Waals surface area contributed by atoms with Crippen LogP contribution in [0.15, 0.2) is 0 Å². The molecule has 0 aliphatic carbocycles. The molecule has 6 unspecified atom stereocenters. The van der Waals surface area contributed by atoms with Crippen molar-refractivity contribution in [1.82, 2.24) is 0 Å². The van der Waals surface area contributed by atoms with E-state index in [1.54, 1.807) is 20.8 Å². The number of hydrogen-bond donors (Lipinski definition) is 5. The standard InChI is InChI=1S/C16H28O9/c1-8(18)5-9-10(19)6-16(14(22)23,25-15(2,3)4)24-13(9)12(21)11(20)7-17/h9-13,17,19-21H,5-7H2,1-4H3,(H,22,23). The molecule has 1 aliphatic heterocycles. The fourth-order valence-corrected chi connectivity index (χ4v) is 2.98. The molecule has 9 nitrogen and oxygen atoms in total. The average Bonchev–Trinajstić information content (AvgIpc) is 2.46. The maximum absolute atomic E-state index is 11.8. The average molecular weight is 364 g/mol. The summed E-state index contributed by atoms with van der Waals surface area (Å²) in [6, 6.07) is 0. The molecule has 0 bridgehead atoms. The highest BCUT2D eigenvalue weighted by atomic mass is 16.7. The maximum atomic E-state index is 11.8. The van der Waals surface area contributed by atoms with Gasteiger partial charge in [-0.15, -0.1) is 0 Å². The maximum Gasteiger partial charge on any atom is 0.364 e. The Hall–Kier alpha value is -1.10. The molecule has 0 spiro atoms. The number of rotatable bonds is 7. The van der Waals surface area contributed by atoms with Crippen LogP contribution in [0.25, 0.3) is 0 Å². The highest BCUT2D eigenvalue weighted by Crippen LogP contribution is 2.40. The zero-order valence-electron chi connectivity index (χ0n) is 14.9. The van der Waals surface area contributed by atoms with Gasteiger partial charge in [-0.2, -0.15) is 0 Å². The number of aliphatic carboxylic acids is 1. The number of aliphatic hydroxyl groups excluding tert-OH is 4. The molecule has 1 aliphatic rings. The largest absolute Gasteiger partial charge is 0.477 e. The number of Topliss-reactive ketones (excluding diaryl/α,β-unsaturated/α-hetero) is 1. The van der Waals surface area contributed by atoms with E-state index in [-0.39, 0.29) is 12.2 Å². The second-order valence-electron chi connectivity index (χ2n) is 7.44. The Balaban J connectivity index is 3.27. The first-order valence-corrected chi connectivity index (χ1v) is 8.09. The van der Waals surface area contributed by atoms with E-state index in [4.69, 9.17) is 14.6 Å². The summed E-state index contributed by atoms with van der Waals surface area (Å²) in [7, 11) is 0. The molecule has 1 saturated heterocycles. The molecule has 0 saturated carbocycles. The van der Waals surface area contributed by atoms with Crippen LogP contribution in [0.4, 0.5) is 0 Å². The molecule has 25 heavy (non-hydrogen) atoms. The van der Waals surface area contributed by atoms with E-state index in [9.17, 15) is 30.0 Å². The molecule has 0 radical (unpaired) electrons. The second-order valence-corrected chi connectivity index (χ2v) is 7.44. The minimum Gasteiger partial charge on any atom is -0.477 e. The molecule has 1 heterocycles. The van der Waals surface area contributed by atoms with Gasteiger partial charge in [-0.05, 0) is 27.7 Å². The highest BCUT2D eigenvalue weighted by Gasteiger charge is 2.56. The van der Waals surface area contributed by atoms with Crippen molar-refractivity contribution in [1.29, 1.82) is 0 Å². The summed E-state index contributed by atoms with van der Waals surface area (Å²) in [6.07, 6.45) is -6.74. The summed E-state index contributed by atoms with van der Waals surface area (Å²) in [5.74, 6) is -5.02. The zero-order valence-corrected chi connectivity index (χ0v) is 14.9. The molecule has 5 N–H and O–H groups in total. The van der Waals surface area contributed by atoms with E-state index in [1.807, 2.05) is 0 Å². The number of hydrogen-bond acceptors (Lipinski definition) is 8. The van der Waals surface area contributed by atoms with Crippen molar-refractivity contribution in [2.45, 2.75) is 76.3 Å². The third-order valence-corrected chi connectivity index (χ3v) is 3.96. The van der Waals surface area contributed by atoms with Crippen LogP contribution < -0.4 is 0 Å². The Labute approximate surface area is 146 Å². The van der Waals surface area contributed by atoms with Crippen LogP contribution in [0.1, 0.15) is 40.5 Å². The Morgan fingerprint density at radius 3 is 2.28 bits per heavy atom. The lowest BCUT2D eigenvalue weighted by atomic mass is 9.80. The molecule has 0 aromatic carbocycles. The SMILES string of the molecule is CC(=O)CC1C(O)CC(OC(C)(C)C)(C(=O)O)OC1C(O)C(O)CO. The number of ketones is 1. The number of carboxylic acids is 1. The lowest BCUT2D eigenvalue weighted by Crippen LogP contribution is -2.63. The molecule has 6 atom stereocenters. The van der Waals surface area contributed by atoms with Crippen molar-refractivity contribution in [2.75, 3.05) is 6.61 Å². The predicted octanol–water partition coefficient (Wildman–Crippen LogP) is -0.958. The van der Waals surface area contributed by atoms with Gasteiger partial charge in [-0.1, -0.05) is 0 Å². The van der Waals surface area contributed by atoms with Crippen LogP contribution in [0.3, 0.4) is 0 Å². The number of carbonyl (C=O) groups is 2. The molecule has 0 amide bonds. The minimum atomic E-state index is -2.26. The van der Waals surface area contributed by atoms with Gasteiger partial charge in [0.1, 0.15) is 18.0 Å². The lowest BCUT2D eigenvalue weighted by molar-refractivity contribution is -0.340. The number of carbonyl (C=O) groups excluding carboxylic acids is 1. The topological polar surface area (TPSA) is 154 Å². The first-order valence-electron chi connectivity index (χ1n) is 8.09. The normalized spacial score (nSPS) is 32.9. The minimum absolute atomic E-state index is 0.188. The van der Waals surface area contributed by atoms with E-state index in [1.165, 1.54) is 6.92 Å². The summed E-state index contributed by atoms with van der Waals surface area (Å²) in [4.78, 5) is 23.3. The molecule has 1 rings (SSSR count). The van der Waals surface area contributed by atoms with Crippen molar-refractivity contribution in [3.05, 3.63) is 0 Å². The molecule has 9 heteroatoms. The van der Waals surface area contributed by atoms with Crippen LogP contribution in [0.5, 0.6) is 0 Å². The van der Waals surface area contributed by atoms with E-state index in [0.717, 1.165) is 0 Å². The summed E-state index contributed by atoms with van der Waals surface area (Å²) in [5, 5.41) is 49.1. The molecule has 146 valence electrons. The van der Waals surface area contributed by atoms with Gasteiger partial charge in [0.15, 0.2) is 0 Å². The summed E-state index contributed by atoms with van der Waals surface area (Å²) >= 11 is 0. The Bertz CT molecular complexity index is 486. The zero-order chi connectivity index (χ0) is 19.6. The van der Waals surface area contributed by atoms with E-state index in [2.05, 4.69) is 0 Å². The van der Waals surface area contributed by atoms with Crippen molar-refractivity contribution >= 4 is 11.8 Å². The van der Waals surface area contributed by atoms with Crippen molar-refractivity contribution in [3.8, 4) is 0 Å². The first kappa shape index (κ1) is 21.9. The van der Waals surface area contributed by atoms with Gasteiger partial charge < -0.3 is 39.8 Å². The molecular formula is C16H28O9. The monoisotopic (exact) mass is 364 g/mol. The van der Waals surface area contributed by atoms with E-state index in [0.29, 0.717) is 0 Å². The van der Waals surface area contributed by atoms with Crippen molar-refractivity contribution < 1.29 is 44.6 Å². The summed E-state index contributed by atoms with van der Waals surface area (Å²) < 4.78 is 11.0. The van der Waals surface area contributed by atoms with Crippen molar-refractivity contribution in [3.63, 3.8) is 0 Å².